The van der Waals surface area contributed by atoms with Gasteiger partial charge in [0.15, 0.2) is 21.3 Å². The molecule has 0 saturated carbocycles. The Bertz CT molecular complexity index is 2140. The van der Waals surface area contributed by atoms with Gasteiger partial charge in [0.1, 0.15) is 11.4 Å². The molecule has 0 radical (unpaired) electrons. The van der Waals surface area contributed by atoms with Crippen LogP contribution in [0.3, 0.4) is 0 Å². The number of carbonyl (C=O) groups excluding carboxylic acids is 2. The summed E-state index contributed by atoms with van der Waals surface area (Å²) in [5, 5.41) is 13.6. The van der Waals surface area contributed by atoms with Crippen LogP contribution in [0.2, 0.25) is 0 Å². The molecule has 0 bridgehead atoms. The molecular formula is C43H57IN5O8PS. The molecule has 0 aliphatic rings. The van der Waals surface area contributed by atoms with Crippen molar-refractivity contribution in [1.29, 1.82) is 0 Å². The van der Waals surface area contributed by atoms with Crippen molar-refractivity contribution in [3.63, 3.8) is 0 Å². The van der Waals surface area contributed by atoms with E-state index in [1.54, 1.807) is 58.9 Å². The molecular weight excluding hydrogens is 904 g/mol. The highest BCUT2D eigenvalue weighted by atomic mass is 127. The molecule has 13 nitrogen and oxygen atoms in total. The summed E-state index contributed by atoms with van der Waals surface area (Å²) < 4.78 is 44.5. The number of rotatable bonds is 20. The average Bonchev–Trinajstić information content (AvgIpc) is 3.17. The summed E-state index contributed by atoms with van der Waals surface area (Å²) >= 11 is 2.19. The molecule has 0 saturated heterocycles. The lowest BCUT2D eigenvalue weighted by Crippen LogP contribution is -2.41. The summed E-state index contributed by atoms with van der Waals surface area (Å²) in [6, 6.07) is 21.1. The standard InChI is InChI=1S/C43H57IN5O8PS/c1-41(2,3)56-40(52)49(7)27-32-18-15-19-34(37(32)50)48-39(51)36-38(45)46-26-35(47-36)31-20-22-33(23-21-31)59(53,54)42(4,5)29-43(6,57-58-44)24-13-8-9-14-25-55-28-30-16-11-10-12-17-30/h10-12,15-23,26,50,58H,8-9,13-14,24-25,27-29H2,1-7H3,(H2,45,46)(H,48,51). The van der Waals surface area contributed by atoms with Gasteiger partial charge in [0.05, 0.1) is 52.4 Å². The number of halogens is 1. The first-order valence-electron chi connectivity index (χ1n) is 19.4. The molecule has 0 aliphatic carbocycles. The van der Waals surface area contributed by atoms with E-state index in [-0.39, 0.29) is 46.5 Å². The topological polar surface area (TPSA) is 183 Å². The van der Waals surface area contributed by atoms with Gasteiger partial charge >= 0.3 is 6.09 Å². The minimum atomic E-state index is -3.82. The zero-order valence-corrected chi connectivity index (χ0v) is 38.9. The van der Waals surface area contributed by atoms with E-state index in [1.807, 2.05) is 25.1 Å². The fourth-order valence-corrected chi connectivity index (χ4v) is 10.2. The first kappa shape index (κ1) is 47.8. The molecule has 0 fully saturated rings. The number of anilines is 2. The van der Waals surface area contributed by atoms with Crippen LogP contribution >= 0.6 is 28.5 Å². The quantitative estimate of drug-likeness (QED) is 0.0332. The number of nitrogen functional groups attached to an aromatic ring is 1. The number of ether oxygens (including phenoxy) is 2. The van der Waals surface area contributed by atoms with Crippen molar-refractivity contribution in [2.24, 2.45) is 0 Å². The van der Waals surface area contributed by atoms with E-state index in [1.165, 1.54) is 36.3 Å². The number of nitrogens with two attached hydrogens (primary N) is 1. The molecule has 4 aromatic rings. The Balaban J connectivity index is 1.38. The largest absolute Gasteiger partial charge is 0.505 e. The van der Waals surface area contributed by atoms with Crippen LogP contribution in [0.1, 0.15) is 102 Å². The highest BCUT2D eigenvalue weighted by molar-refractivity contribution is 14.2. The molecule has 59 heavy (non-hydrogen) atoms. The average molecular weight is 962 g/mol. The van der Waals surface area contributed by atoms with Crippen LogP contribution in [0.15, 0.2) is 83.9 Å². The summed E-state index contributed by atoms with van der Waals surface area (Å²) in [4.78, 5) is 36.0. The molecule has 16 heteroatoms. The number of sulfone groups is 1. The predicted molar refractivity (Wildman–Crippen MR) is 243 cm³/mol. The monoisotopic (exact) mass is 961 g/mol. The first-order valence-corrected chi connectivity index (χ1v) is 24.9. The van der Waals surface area contributed by atoms with E-state index in [0.29, 0.717) is 30.8 Å². The fraction of sp³-hybridized carbons (Fsp3) is 0.442. The van der Waals surface area contributed by atoms with Gasteiger partial charge in [0.25, 0.3) is 5.91 Å². The van der Waals surface area contributed by atoms with Crippen molar-refractivity contribution < 1.29 is 37.1 Å². The smallest absolute Gasteiger partial charge is 0.410 e. The molecule has 4 N–H and O–H groups in total. The number of phenolic OH excluding ortho intramolecular Hbond substituents is 1. The minimum absolute atomic E-state index is 0.0175. The summed E-state index contributed by atoms with van der Waals surface area (Å²) in [7, 11) is -2.28. The normalized spacial score (nSPS) is 13.3. The van der Waals surface area contributed by atoms with Gasteiger partial charge in [0.2, 0.25) is 0 Å². The maximum Gasteiger partial charge on any atom is 0.410 e. The van der Waals surface area contributed by atoms with Crippen LogP contribution in [0.5, 0.6) is 5.75 Å². The minimum Gasteiger partial charge on any atom is -0.505 e. The molecule has 3 aromatic carbocycles. The number of nitrogens with zero attached hydrogens (tertiary/aromatic N) is 3. The van der Waals surface area contributed by atoms with Crippen LogP contribution in [-0.4, -0.2) is 70.0 Å². The highest BCUT2D eigenvalue weighted by Crippen LogP contribution is 2.42. The number of aromatic nitrogens is 2. The Morgan fingerprint density at radius 2 is 1.61 bits per heavy atom. The van der Waals surface area contributed by atoms with Crippen LogP contribution < -0.4 is 11.1 Å². The third-order valence-electron chi connectivity index (χ3n) is 9.62. The molecule has 2 amide bonds. The van der Waals surface area contributed by atoms with E-state index < -0.39 is 37.8 Å². The van der Waals surface area contributed by atoms with Crippen LogP contribution in [0.25, 0.3) is 11.3 Å². The number of hydrogen-bond acceptors (Lipinski definition) is 11. The highest BCUT2D eigenvalue weighted by Gasteiger charge is 2.42. The second-order valence-electron chi connectivity index (χ2n) is 16.4. The lowest BCUT2D eigenvalue weighted by atomic mass is 9.88. The zero-order valence-electron chi connectivity index (χ0n) is 34.9. The Labute approximate surface area is 363 Å². The van der Waals surface area contributed by atoms with Crippen molar-refractivity contribution in [2.45, 2.75) is 114 Å². The second-order valence-corrected chi connectivity index (χ2v) is 20.7. The Kier molecular flexibility index (Phi) is 17.1. The molecule has 320 valence electrons. The third kappa shape index (κ3) is 13.8. The van der Waals surface area contributed by atoms with Crippen molar-refractivity contribution in [3.05, 3.63) is 95.8 Å². The maximum absolute atomic E-state index is 14.1. The fourth-order valence-electron chi connectivity index (χ4n) is 6.57. The summed E-state index contributed by atoms with van der Waals surface area (Å²) in [5.74, 6) is -1.11. The van der Waals surface area contributed by atoms with Crippen molar-refractivity contribution in [2.75, 3.05) is 24.7 Å². The number of hydrogen-bond donors (Lipinski definition) is 3. The lowest BCUT2D eigenvalue weighted by Gasteiger charge is -2.36. The summed E-state index contributed by atoms with van der Waals surface area (Å²) in [5.41, 5.74) is 6.97. The van der Waals surface area contributed by atoms with Gasteiger partial charge in [-0.25, -0.2) is 23.2 Å². The number of nitrogens with one attached hydrogen (secondary N) is 1. The van der Waals surface area contributed by atoms with Gasteiger partial charge in [-0.15, -0.1) is 0 Å². The Morgan fingerprint density at radius 3 is 2.27 bits per heavy atom. The van der Waals surface area contributed by atoms with E-state index in [9.17, 15) is 23.1 Å². The molecule has 4 rings (SSSR count). The molecule has 2 unspecified atom stereocenters. The van der Waals surface area contributed by atoms with Gasteiger partial charge in [-0.3, -0.25) is 4.79 Å². The first-order chi connectivity index (χ1) is 27.7. The van der Waals surface area contributed by atoms with Gasteiger partial charge in [-0.1, -0.05) is 73.9 Å². The van der Waals surface area contributed by atoms with E-state index in [0.717, 1.165) is 37.7 Å². The van der Waals surface area contributed by atoms with Gasteiger partial charge < -0.3 is 35.1 Å². The maximum atomic E-state index is 14.1. The van der Waals surface area contributed by atoms with Crippen LogP contribution in [0, 0.1) is 0 Å². The van der Waals surface area contributed by atoms with E-state index in [4.69, 9.17) is 19.7 Å². The number of aromatic hydroxyl groups is 1. The van der Waals surface area contributed by atoms with Gasteiger partial charge in [-0.05, 0) is 107 Å². The number of carbonyl (C=O) groups is 2. The van der Waals surface area contributed by atoms with Gasteiger partial charge in [0, 0.05) is 24.8 Å². The van der Waals surface area contributed by atoms with Crippen LogP contribution in [-0.2, 0) is 37.0 Å². The van der Waals surface area contributed by atoms with E-state index in [2.05, 4.69) is 49.5 Å². The zero-order chi connectivity index (χ0) is 43.4. The molecule has 0 spiro atoms. The molecule has 2 atom stereocenters. The molecule has 1 aromatic heterocycles. The number of para-hydroxylation sites is 1. The van der Waals surface area contributed by atoms with Crippen molar-refractivity contribution in [1.82, 2.24) is 14.9 Å². The summed E-state index contributed by atoms with van der Waals surface area (Å²) in [6.07, 6.45) is 5.75. The number of unbranched alkanes of at least 4 members (excludes halogenated alkanes) is 3. The van der Waals surface area contributed by atoms with E-state index >= 15 is 0 Å². The van der Waals surface area contributed by atoms with Crippen LogP contribution in [0.4, 0.5) is 16.3 Å². The molecule has 1 heterocycles. The number of benzene rings is 3. The number of amides is 2. The van der Waals surface area contributed by atoms with Crippen molar-refractivity contribution in [3.8, 4) is 17.0 Å². The SMILES string of the molecule is CN(Cc1cccc(NC(=O)c2nc(-c3ccc(S(=O)(=O)C(C)(C)CC(C)(CCCCCCOCc4ccccc4)OPI)cc3)cnc2N)c1O)C(=O)OC(C)(C)C. The van der Waals surface area contributed by atoms with Crippen molar-refractivity contribution >= 4 is 61.8 Å². The predicted octanol–water partition coefficient (Wildman–Crippen LogP) is 9.88. The Morgan fingerprint density at radius 1 is 0.932 bits per heavy atom. The third-order valence-corrected chi connectivity index (χ3v) is 13.3. The second kappa shape index (κ2) is 21.1. The Hall–Kier alpha value is -3.89. The summed E-state index contributed by atoms with van der Waals surface area (Å²) in [6.45, 7) is 12.2. The lowest BCUT2D eigenvalue weighted by molar-refractivity contribution is 0.0284. The van der Waals surface area contributed by atoms with Gasteiger partial charge in [-0.2, -0.15) is 0 Å². The number of phenols is 1. The molecule has 0 aliphatic heterocycles.